The minimum Gasteiger partial charge on any atom is -0.0826 e. The minimum absolute atomic E-state index is 1.25. The van der Waals surface area contributed by atoms with Gasteiger partial charge in [0.1, 0.15) is 0 Å². The van der Waals surface area contributed by atoms with Crippen LogP contribution in [0.1, 0.15) is 33.3 Å². The highest BCUT2D eigenvalue weighted by atomic mass is 32.4. The van der Waals surface area contributed by atoms with E-state index < -0.39 is 6.04 Å². The van der Waals surface area contributed by atoms with Gasteiger partial charge in [-0.3, -0.25) is 0 Å². The molecule has 0 unspecified atom stereocenters. The standard InChI is InChI=1S/C19H17PS.2C2H6/c1-16-12-14-19(15-13-16)20(21,17-8-4-2-5-9-17)18-10-6-3-7-11-18;2*1-2/h2-15H,1H3;2*1-2H3. The first kappa shape index (κ1) is 21.4. The molecule has 3 aromatic carbocycles. The van der Waals surface area contributed by atoms with Gasteiger partial charge in [0.15, 0.2) is 0 Å². The lowest BCUT2D eigenvalue weighted by atomic mass is 10.2. The molecule has 0 amide bonds. The summed E-state index contributed by atoms with van der Waals surface area (Å²) >= 11 is 6.26. The fourth-order valence-electron chi connectivity index (χ4n) is 2.48. The largest absolute Gasteiger partial charge is 0.0826 e. The molecule has 0 aliphatic heterocycles. The van der Waals surface area contributed by atoms with Gasteiger partial charge in [0, 0.05) is 6.04 Å². The van der Waals surface area contributed by atoms with Gasteiger partial charge in [0.25, 0.3) is 0 Å². The summed E-state index contributed by atoms with van der Waals surface area (Å²) in [5, 5.41) is 3.74. The zero-order valence-electron chi connectivity index (χ0n) is 15.9. The molecule has 3 aromatic rings. The SMILES string of the molecule is CC.CC.Cc1ccc(P(=S)(c2ccccc2)c2ccccc2)cc1. The molecular weight excluding hydrogens is 339 g/mol. The number of hydrogen-bond donors (Lipinski definition) is 0. The van der Waals surface area contributed by atoms with Crippen molar-refractivity contribution in [3.8, 4) is 0 Å². The van der Waals surface area contributed by atoms with Gasteiger partial charge in [-0.05, 0) is 22.8 Å². The molecule has 0 N–H and O–H groups in total. The molecule has 25 heavy (non-hydrogen) atoms. The average Bonchev–Trinajstić information content (AvgIpc) is 2.72. The molecule has 0 aromatic heterocycles. The third-order valence-corrected chi connectivity index (χ3v) is 8.61. The third-order valence-electron chi connectivity index (χ3n) is 3.64. The van der Waals surface area contributed by atoms with Crippen LogP contribution in [0.3, 0.4) is 0 Å². The van der Waals surface area contributed by atoms with Crippen LogP contribution in [0, 0.1) is 6.92 Å². The summed E-state index contributed by atoms with van der Waals surface area (Å²) in [5.41, 5.74) is 1.27. The number of hydrogen-bond acceptors (Lipinski definition) is 1. The molecule has 2 heteroatoms. The van der Waals surface area contributed by atoms with E-state index in [0.717, 1.165) is 0 Å². The predicted molar refractivity (Wildman–Crippen MR) is 120 cm³/mol. The van der Waals surface area contributed by atoms with E-state index in [1.807, 2.05) is 39.8 Å². The Morgan fingerprint density at radius 2 is 0.840 bits per heavy atom. The molecule has 0 aliphatic rings. The maximum absolute atomic E-state index is 6.26. The molecular formula is C23H29PS. The van der Waals surface area contributed by atoms with Crippen LogP contribution in [0.4, 0.5) is 0 Å². The van der Waals surface area contributed by atoms with Gasteiger partial charge >= 0.3 is 0 Å². The smallest absolute Gasteiger partial charge is 0.0379 e. The van der Waals surface area contributed by atoms with Gasteiger partial charge in [-0.2, -0.15) is 0 Å². The minimum atomic E-state index is -1.96. The Balaban J connectivity index is 0.000000730. The van der Waals surface area contributed by atoms with Crippen LogP contribution < -0.4 is 15.9 Å². The second-order valence-corrected chi connectivity index (χ2v) is 9.53. The lowest BCUT2D eigenvalue weighted by Gasteiger charge is -2.24. The van der Waals surface area contributed by atoms with Crippen molar-refractivity contribution in [3.05, 3.63) is 90.5 Å². The second-order valence-electron chi connectivity index (χ2n) is 5.12. The maximum atomic E-state index is 6.26. The first-order valence-corrected chi connectivity index (χ1v) is 11.8. The molecule has 0 spiro atoms. The van der Waals surface area contributed by atoms with E-state index in [-0.39, 0.29) is 0 Å². The van der Waals surface area contributed by atoms with Crippen LogP contribution in [0.15, 0.2) is 84.9 Å². The lowest BCUT2D eigenvalue weighted by molar-refractivity contribution is 1.49. The van der Waals surface area contributed by atoms with Gasteiger partial charge < -0.3 is 0 Å². The first-order valence-electron chi connectivity index (χ1n) is 9.00. The highest BCUT2D eigenvalue weighted by molar-refractivity contribution is 8.25. The normalized spacial score (nSPS) is 9.96. The topological polar surface area (TPSA) is 0 Å². The van der Waals surface area contributed by atoms with Crippen LogP contribution >= 0.6 is 6.04 Å². The highest BCUT2D eigenvalue weighted by Crippen LogP contribution is 2.42. The molecule has 0 saturated heterocycles. The highest BCUT2D eigenvalue weighted by Gasteiger charge is 2.24. The summed E-state index contributed by atoms with van der Waals surface area (Å²) in [7, 11) is 0. The van der Waals surface area contributed by atoms with E-state index in [4.69, 9.17) is 11.8 Å². The fourth-order valence-corrected chi connectivity index (χ4v) is 6.22. The summed E-state index contributed by atoms with van der Waals surface area (Å²) in [4.78, 5) is 0. The zero-order valence-corrected chi connectivity index (χ0v) is 17.6. The number of rotatable bonds is 3. The van der Waals surface area contributed by atoms with Crippen molar-refractivity contribution in [2.75, 3.05) is 0 Å². The summed E-state index contributed by atoms with van der Waals surface area (Å²) in [6, 6.07) is 27.8. The van der Waals surface area contributed by atoms with Crippen molar-refractivity contribution in [3.63, 3.8) is 0 Å². The Morgan fingerprint density at radius 3 is 1.20 bits per heavy atom. The molecule has 132 valence electrons. The van der Waals surface area contributed by atoms with E-state index in [9.17, 15) is 0 Å². The maximum Gasteiger partial charge on any atom is 0.0379 e. The van der Waals surface area contributed by atoms with Gasteiger partial charge in [-0.1, -0.05) is 130 Å². The van der Waals surface area contributed by atoms with E-state index in [1.165, 1.54) is 21.5 Å². The van der Waals surface area contributed by atoms with Crippen molar-refractivity contribution < 1.29 is 0 Å². The first-order chi connectivity index (χ1) is 12.2. The molecule has 3 rings (SSSR count). The Hall–Kier alpha value is -1.69. The predicted octanol–water partition coefficient (Wildman–Crippen LogP) is 5.80. The lowest BCUT2D eigenvalue weighted by Crippen LogP contribution is -2.24. The quantitative estimate of drug-likeness (QED) is 0.526. The van der Waals surface area contributed by atoms with Gasteiger partial charge in [0.2, 0.25) is 0 Å². The average molecular weight is 369 g/mol. The molecule has 0 fully saturated rings. The van der Waals surface area contributed by atoms with Gasteiger partial charge in [-0.15, -0.1) is 0 Å². The Morgan fingerprint density at radius 1 is 0.520 bits per heavy atom. The summed E-state index contributed by atoms with van der Waals surface area (Å²) in [5.74, 6) is 0. The molecule has 0 heterocycles. The van der Waals surface area contributed by atoms with E-state index in [2.05, 4.69) is 79.7 Å². The van der Waals surface area contributed by atoms with Crippen LogP contribution in [-0.4, -0.2) is 0 Å². The summed E-state index contributed by atoms with van der Waals surface area (Å²) < 4.78 is 0. The van der Waals surface area contributed by atoms with Crippen molar-refractivity contribution in [2.45, 2.75) is 34.6 Å². The molecule has 0 nitrogen and oxygen atoms in total. The van der Waals surface area contributed by atoms with Crippen molar-refractivity contribution >= 4 is 33.8 Å². The summed E-state index contributed by atoms with van der Waals surface area (Å²) in [6.45, 7) is 10.1. The monoisotopic (exact) mass is 368 g/mol. The molecule has 0 aliphatic carbocycles. The summed E-state index contributed by atoms with van der Waals surface area (Å²) in [6.07, 6.45) is 0. The molecule has 0 atom stereocenters. The van der Waals surface area contributed by atoms with Crippen molar-refractivity contribution in [1.29, 1.82) is 0 Å². The van der Waals surface area contributed by atoms with Gasteiger partial charge in [0.05, 0.1) is 0 Å². The van der Waals surface area contributed by atoms with E-state index >= 15 is 0 Å². The zero-order chi connectivity index (χ0) is 18.7. The van der Waals surface area contributed by atoms with Crippen molar-refractivity contribution in [1.82, 2.24) is 0 Å². The van der Waals surface area contributed by atoms with Crippen molar-refractivity contribution in [2.24, 2.45) is 0 Å². The Kier molecular flexibility index (Phi) is 9.42. The van der Waals surface area contributed by atoms with E-state index in [0.29, 0.717) is 0 Å². The van der Waals surface area contributed by atoms with Crippen LogP contribution in [0.2, 0.25) is 0 Å². The van der Waals surface area contributed by atoms with Crippen LogP contribution in [0.5, 0.6) is 0 Å². The second kappa shape index (κ2) is 11.0. The van der Waals surface area contributed by atoms with Crippen LogP contribution in [0.25, 0.3) is 0 Å². The Bertz CT molecular complexity index is 719. The van der Waals surface area contributed by atoms with E-state index in [1.54, 1.807) is 0 Å². The molecule has 0 radical (unpaired) electrons. The molecule has 0 saturated carbocycles. The molecule has 0 bridgehead atoms. The van der Waals surface area contributed by atoms with Crippen LogP contribution in [-0.2, 0) is 11.8 Å². The Labute approximate surface area is 159 Å². The van der Waals surface area contributed by atoms with Gasteiger partial charge in [-0.25, -0.2) is 0 Å². The number of aryl methyl sites for hydroxylation is 1. The third kappa shape index (κ3) is 5.14. The number of benzene rings is 3. The fraction of sp³-hybridized carbons (Fsp3) is 0.217.